The fraction of sp³-hybridized carbons (Fsp3) is 0.250. The van der Waals surface area contributed by atoms with E-state index in [1.165, 1.54) is 17.1 Å². The fourth-order valence-electron chi connectivity index (χ4n) is 2.44. The van der Waals surface area contributed by atoms with Gasteiger partial charge in [-0.15, -0.1) is 0 Å². The Hall–Kier alpha value is -2.41. The quantitative estimate of drug-likeness (QED) is 0.467. The van der Waals surface area contributed by atoms with Gasteiger partial charge in [-0.2, -0.15) is 0 Å². The molecule has 0 aliphatic carbocycles. The number of nitrogens with one attached hydrogen (secondary N) is 1. The van der Waals surface area contributed by atoms with Gasteiger partial charge in [-0.1, -0.05) is 35.3 Å². The monoisotopic (exact) mass is 422 g/mol. The molecule has 2 aromatic rings. The third-order valence-corrected chi connectivity index (χ3v) is 4.54. The normalized spacial score (nSPS) is 11.9. The number of halogens is 2. The van der Waals surface area contributed by atoms with Gasteiger partial charge in [-0.3, -0.25) is 4.79 Å². The first-order chi connectivity index (χ1) is 13.1. The van der Waals surface area contributed by atoms with E-state index in [-0.39, 0.29) is 5.91 Å². The van der Waals surface area contributed by atoms with Gasteiger partial charge in [0.25, 0.3) is 5.91 Å². The molecule has 28 heavy (non-hydrogen) atoms. The van der Waals surface area contributed by atoms with Crippen molar-refractivity contribution < 1.29 is 9.53 Å². The first-order valence-electron chi connectivity index (χ1n) is 8.51. The Bertz CT molecular complexity index is 847. The van der Waals surface area contributed by atoms with E-state index in [0.29, 0.717) is 27.9 Å². The Morgan fingerprint density at radius 1 is 1.18 bits per heavy atom. The summed E-state index contributed by atoms with van der Waals surface area (Å²) in [5.74, 6) is 6.48. The molecule has 0 saturated heterocycles. The lowest BCUT2D eigenvalue weighted by Gasteiger charge is -2.28. The zero-order valence-electron chi connectivity index (χ0n) is 16.0. The molecule has 2 rings (SSSR count). The highest BCUT2D eigenvalue weighted by atomic mass is 35.5. The summed E-state index contributed by atoms with van der Waals surface area (Å²) in [7, 11) is 1.61. The van der Waals surface area contributed by atoms with E-state index in [4.69, 9.17) is 39.5 Å². The van der Waals surface area contributed by atoms with Crippen molar-refractivity contribution in [3.63, 3.8) is 0 Å². The largest absolute Gasteiger partial charge is 0.497 e. The third-order valence-electron chi connectivity index (χ3n) is 4.10. The van der Waals surface area contributed by atoms with Crippen LogP contribution in [0.15, 0.2) is 54.4 Å². The molecule has 150 valence electrons. The van der Waals surface area contributed by atoms with Crippen molar-refractivity contribution in [3.05, 3.63) is 75.5 Å². The minimum absolute atomic E-state index is 0.343. The van der Waals surface area contributed by atoms with Crippen LogP contribution in [0.2, 0.25) is 10.0 Å². The van der Waals surface area contributed by atoms with E-state index in [0.717, 1.165) is 11.3 Å². The van der Waals surface area contributed by atoms with E-state index in [2.05, 4.69) is 5.32 Å². The Kier molecular flexibility index (Phi) is 7.18. The van der Waals surface area contributed by atoms with Gasteiger partial charge < -0.3 is 20.8 Å². The molecule has 2 aromatic carbocycles. The number of hydrogen-bond donors (Lipinski definition) is 3. The summed E-state index contributed by atoms with van der Waals surface area (Å²) >= 11 is 11.9. The number of hydrogen-bond acceptors (Lipinski definition) is 5. The summed E-state index contributed by atoms with van der Waals surface area (Å²) < 4.78 is 5.14. The summed E-state index contributed by atoms with van der Waals surface area (Å²) in [6, 6.07) is 12.2. The van der Waals surface area contributed by atoms with E-state index in [9.17, 15) is 4.79 Å². The van der Waals surface area contributed by atoms with E-state index in [1.807, 2.05) is 24.3 Å². The van der Waals surface area contributed by atoms with Gasteiger partial charge >= 0.3 is 0 Å². The molecule has 0 aliphatic heterocycles. The van der Waals surface area contributed by atoms with Gasteiger partial charge in [0.1, 0.15) is 5.75 Å². The third kappa shape index (κ3) is 6.05. The van der Waals surface area contributed by atoms with Gasteiger partial charge in [-0.05, 0) is 49.7 Å². The van der Waals surface area contributed by atoms with Crippen LogP contribution >= 0.6 is 23.2 Å². The zero-order valence-corrected chi connectivity index (χ0v) is 17.5. The number of carbonyl (C=O) groups excluding carboxylic acids is 1. The maximum absolute atomic E-state index is 12.5. The number of nitrogens with zero attached hydrogens (tertiary/aromatic N) is 1. The molecule has 0 unspecified atom stereocenters. The second-order valence-electron chi connectivity index (χ2n) is 6.84. The Balaban J connectivity index is 2.06. The standard InChI is InChI=1S/C20H24Cl2N4O2/c1-20(2,25-19(27)14-8-15(21)10-16(22)9-14)18(23)12-26(24)11-13-4-6-17(28-3)7-5-13/h4-10,12H,11,23-24H2,1-3H3,(H,25,27)/b18-12-. The molecule has 5 N–H and O–H groups in total. The number of carbonyl (C=O) groups is 1. The van der Waals surface area contributed by atoms with Crippen molar-refractivity contribution >= 4 is 29.1 Å². The zero-order chi connectivity index (χ0) is 20.9. The lowest BCUT2D eigenvalue weighted by Crippen LogP contribution is -2.48. The van der Waals surface area contributed by atoms with Crippen LogP contribution in [0, 0.1) is 0 Å². The van der Waals surface area contributed by atoms with Crippen molar-refractivity contribution in [1.29, 1.82) is 0 Å². The number of benzene rings is 2. The van der Waals surface area contributed by atoms with Crippen LogP contribution in [-0.4, -0.2) is 23.6 Å². The van der Waals surface area contributed by atoms with Gasteiger partial charge in [0.05, 0.1) is 24.9 Å². The van der Waals surface area contributed by atoms with Crippen LogP contribution in [0.5, 0.6) is 5.75 Å². The smallest absolute Gasteiger partial charge is 0.252 e. The fourth-order valence-corrected chi connectivity index (χ4v) is 2.97. The second kappa shape index (κ2) is 9.19. The number of amides is 1. The summed E-state index contributed by atoms with van der Waals surface area (Å²) in [5, 5.41) is 5.08. The lowest BCUT2D eigenvalue weighted by atomic mass is 10.0. The predicted molar refractivity (Wildman–Crippen MR) is 113 cm³/mol. The molecule has 0 radical (unpaired) electrons. The number of methoxy groups -OCH3 is 1. The van der Waals surface area contributed by atoms with E-state index in [1.54, 1.807) is 33.2 Å². The van der Waals surface area contributed by atoms with Gasteiger partial charge in [-0.25, -0.2) is 5.84 Å². The van der Waals surface area contributed by atoms with Crippen molar-refractivity contribution in [1.82, 2.24) is 10.3 Å². The average Bonchev–Trinajstić information content (AvgIpc) is 2.61. The molecule has 0 fully saturated rings. The van der Waals surface area contributed by atoms with Gasteiger partial charge in [0.15, 0.2) is 0 Å². The maximum atomic E-state index is 12.5. The van der Waals surface area contributed by atoms with Crippen molar-refractivity contribution in [2.75, 3.05) is 7.11 Å². The molecule has 0 bridgehead atoms. The molecule has 0 atom stereocenters. The summed E-state index contributed by atoms with van der Waals surface area (Å²) in [4.78, 5) is 12.5. The molecule has 6 nitrogen and oxygen atoms in total. The maximum Gasteiger partial charge on any atom is 0.252 e. The van der Waals surface area contributed by atoms with E-state index >= 15 is 0 Å². The number of rotatable bonds is 7. The molecule has 1 amide bonds. The van der Waals surface area contributed by atoms with Crippen LogP contribution in [0.3, 0.4) is 0 Å². The Morgan fingerprint density at radius 2 is 1.75 bits per heavy atom. The van der Waals surface area contributed by atoms with Crippen LogP contribution in [0.25, 0.3) is 0 Å². The number of nitrogens with two attached hydrogens (primary N) is 2. The molecule has 0 saturated carbocycles. The molecule has 0 aliphatic rings. The lowest BCUT2D eigenvalue weighted by molar-refractivity contribution is 0.0923. The first kappa shape index (κ1) is 21.9. The number of hydrazine groups is 1. The summed E-state index contributed by atoms with van der Waals surface area (Å²) in [6.45, 7) is 4.01. The van der Waals surface area contributed by atoms with Crippen molar-refractivity contribution in [2.24, 2.45) is 11.6 Å². The minimum Gasteiger partial charge on any atom is -0.497 e. The average molecular weight is 423 g/mol. The molecule has 0 heterocycles. The van der Waals surface area contributed by atoms with Gasteiger partial charge in [0.2, 0.25) is 0 Å². The molecular weight excluding hydrogens is 399 g/mol. The molecular formula is C20H24Cl2N4O2. The van der Waals surface area contributed by atoms with Gasteiger partial charge in [0, 0.05) is 21.8 Å². The highest BCUT2D eigenvalue weighted by Crippen LogP contribution is 2.20. The summed E-state index contributed by atoms with van der Waals surface area (Å²) in [6.07, 6.45) is 1.59. The van der Waals surface area contributed by atoms with E-state index < -0.39 is 5.54 Å². The first-order valence-corrected chi connectivity index (χ1v) is 9.27. The number of ether oxygens (including phenoxy) is 1. The van der Waals surface area contributed by atoms with Crippen LogP contribution < -0.4 is 21.6 Å². The van der Waals surface area contributed by atoms with Crippen molar-refractivity contribution in [2.45, 2.75) is 25.9 Å². The Labute approximate surface area is 175 Å². The van der Waals surface area contributed by atoms with Crippen molar-refractivity contribution in [3.8, 4) is 5.75 Å². The molecule has 8 heteroatoms. The highest BCUT2D eigenvalue weighted by Gasteiger charge is 2.25. The minimum atomic E-state index is -0.844. The second-order valence-corrected chi connectivity index (χ2v) is 7.71. The summed E-state index contributed by atoms with van der Waals surface area (Å²) in [5.41, 5.74) is 7.08. The predicted octanol–water partition coefficient (Wildman–Crippen LogP) is 3.69. The Morgan fingerprint density at radius 3 is 2.29 bits per heavy atom. The van der Waals surface area contributed by atoms with Crippen LogP contribution in [0.4, 0.5) is 0 Å². The SMILES string of the molecule is COc1ccc(CN(N)/C=C(\N)C(C)(C)NC(=O)c2cc(Cl)cc(Cl)c2)cc1. The topological polar surface area (TPSA) is 93.6 Å². The molecule has 0 aromatic heterocycles. The molecule has 0 spiro atoms. The van der Waals surface area contributed by atoms with Crippen LogP contribution in [0.1, 0.15) is 29.8 Å². The van der Waals surface area contributed by atoms with Crippen LogP contribution in [-0.2, 0) is 6.54 Å². The highest BCUT2D eigenvalue weighted by molar-refractivity contribution is 6.35.